The van der Waals surface area contributed by atoms with Gasteiger partial charge in [-0.2, -0.15) is 0 Å². The first-order chi connectivity index (χ1) is 10.5. The van der Waals surface area contributed by atoms with Crippen LogP contribution in [0.25, 0.3) is 0 Å². The second-order valence-electron chi connectivity index (χ2n) is 4.17. The zero-order chi connectivity index (χ0) is 15.9. The molecule has 0 bridgehead atoms. The van der Waals surface area contributed by atoms with Crippen LogP contribution in [0.2, 0.25) is 0 Å². The molecule has 8 heteroatoms. The lowest BCUT2D eigenvalue weighted by Gasteiger charge is -2.08. The number of nitrogens with one attached hydrogen (secondary N) is 2. The van der Waals surface area contributed by atoms with Crippen molar-refractivity contribution >= 4 is 27.9 Å². The molecule has 2 aromatic rings. The summed E-state index contributed by atoms with van der Waals surface area (Å²) in [4.78, 5) is 23.0. The Bertz CT molecular complexity index is 661. The fraction of sp³-hybridized carbons (Fsp3) is 0.143. The van der Waals surface area contributed by atoms with Crippen molar-refractivity contribution < 1.29 is 23.1 Å². The van der Waals surface area contributed by atoms with Crippen LogP contribution in [0, 0.1) is 5.82 Å². The first-order valence-corrected chi connectivity index (χ1v) is 7.02. The van der Waals surface area contributed by atoms with E-state index < -0.39 is 24.4 Å². The molecule has 0 spiro atoms. The summed E-state index contributed by atoms with van der Waals surface area (Å²) in [6.07, 6.45) is 1.47. The van der Waals surface area contributed by atoms with Gasteiger partial charge in [0.25, 0.3) is 5.91 Å². The van der Waals surface area contributed by atoms with Crippen LogP contribution < -0.4 is 15.4 Å². The van der Waals surface area contributed by atoms with Crippen LogP contribution in [-0.2, 0) is 11.3 Å². The van der Waals surface area contributed by atoms with E-state index in [0.717, 1.165) is 0 Å². The molecule has 1 heterocycles. The summed E-state index contributed by atoms with van der Waals surface area (Å²) in [6, 6.07) is 6.84. The first kappa shape index (κ1) is 16.0. The number of halogens is 2. The van der Waals surface area contributed by atoms with E-state index >= 15 is 0 Å². The second-order valence-corrected chi connectivity index (χ2v) is 5.09. The minimum atomic E-state index is -0.695. The molecule has 6 nitrogen and oxygen atoms in total. The topological polar surface area (TPSA) is 80.6 Å². The molecule has 0 radical (unpaired) electrons. The molecule has 0 aliphatic rings. The molecule has 116 valence electrons. The Morgan fingerprint density at radius 3 is 2.82 bits per heavy atom. The third-order valence-electron chi connectivity index (χ3n) is 2.51. The van der Waals surface area contributed by atoms with Crippen LogP contribution in [0.15, 0.2) is 45.5 Å². The fourth-order valence-corrected chi connectivity index (χ4v) is 1.86. The monoisotopic (exact) mass is 370 g/mol. The van der Waals surface area contributed by atoms with Gasteiger partial charge in [0.05, 0.1) is 12.8 Å². The van der Waals surface area contributed by atoms with Crippen molar-refractivity contribution in [2.45, 2.75) is 6.54 Å². The van der Waals surface area contributed by atoms with Gasteiger partial charge >= 0.3 is 6.03 Å². The molecule has 1 aromatic carbocycles. The van der Waals surface area contributed by atoms with Crippen molar-refractivity contribution in [2.24, 2.45) is 0 Å². The molecule has 0 unspecified atom stereocenters. The van der Waals surface area contributed by atoms with Gasteiger partial charge in [-0.25, -0.2) is 9.18 Å². The number of urea groups is 1. The maximum atomic E-state index is 13.5. The molecular formula is C14H12BrFN2O4. The number of amides is 3. The summed E-state index contributed by atoms with van der Waals surface area (Å²) >= 11 is 3.11. The van der Waals surface area contributed by atoms with Gasteiger partial charge in [-0.05, 0) is 30.3 Å². The zero-order valence-electron chi connectivity index (χ0n) is 11.3. The molecule has 0 atom stereocenters. The standard InChI is InChI=1S/C14H12BrFN2O4/c15-9-3-4-12(11(16)6-9)22-8-13(19)18-14(20)17-7-10-2-1-5-21-10/h1-6H,7-8H2,(H2,17,18,19,20). The number of ether oxygens (including phenoxy) is 1. The molecule has 3 amide bonds. The van der Waals surface area contributed by atoms with E-state index in [1.54, 1.807) is 18.2 Å². The Hall–Kier alpha value is -2.35. The maximum Gasteiger partial charge on any atom is 0.321 e. The highest BCUT2D eigenvalue weighted by Crippen LogP contribution is 2.21. The van der Waals surface area contributed by atoms with Crippen LogP contribution in [0.3, 0.4) is 0 Å². The normalized spacial score (nSPS) is 10.1. The summed E-state index contributed by atoms with van der Waals surface area (Å²) in [5.41, 5.74) is 0. The summed E-state index contributed by atoms with van der Waals surface area (Å²) < 4.78 is 24.0. The minimum absolute atomic E-state index is 0.0747. The van der Waals surface area contributed by atoms with Gasteiger partial charge in [-0.3, -0.25) is 10.1 Å². The number of hydrogen-bond acceptors (Lipinski definition) is 4. The second kappa shape index (κ2) is 7.60. The van der Waals surface area contributed by atoms with Gasteiger partial charge in [0, 0.05) is 4.47 Å². The smallest absolute Gasteiger partial charge is 0.321 e. The van der Waals surface area contributed by atoms with Crippen LogP contribution in [0.1, 0.15) is 5.76 Å². The lowest BCUT2D eigenvalue weighted by atomic mass is 10.3. The Kier molecular flexibility index (Phi) is 5.54. The molecule has 0 saturated carbocycles. The van der Waals surface area contributed by atoms with Gasteiger partial charge in [0.15, 0.2) is 18.2 Å². The Morgan fingerprint density at radius 1 is 1.32 bits per heavy atom. The van der Waals surface area contributed by atoms with Gasteiger partial charge in [-0.15, -0.1) is 0 Å². The molecule has 0 saturated heterocycles. The minimum Gasteiger partial charge on any atom is -0.481 e. The van der Waals surface area contributed by atoms with Gasteiger partial charge in [0.2, 0.25) is 0 Å². The average Bonchev–Trinajstić information content (AvgIpc) is 2.97. The van der Waals surface area contributed by atoms with Crippen LogP contribution in [-0.4, -0.2) is 18.5 Å². The molecule has 0 fully saturated rings. The number of furan rings is 1. The van der Waals surface area contributed by atoms with Crippen molar-refractivity contribution in [3.8, 4) is 5.75 Å². The largest absolute Gasteiger partial charge is 0.481 e. The molecule has 0 aliphatic heterocycles. The quantitative estimate of drug-likeness (QED) is 0.847. The van der Waals surface area contributed by atoms with Gasteiger partial charge in [0.1, 0.15) is 5.76 Å². The molecule has 0 aliphatic carbocycles. The molecule has 2 N–H and O–H groups in total. The van der Waals surface area contributed by atoms with E-state index in [1.807, 2.05) is 0 Å². The average molecular weight is 371 g/mol. The SMILES string of the molecule is O=C(COc1ccc(Br)cc1F)NC(=O)NCc1ccco1. The highest BCUT2D eigenvalue weighted by molar-refractivity contribution is 9.10. The zero-order valence-corrected chi connectivity index (χ0v) is 12.9. The predicted octanol–water partition coefficient (Wildman–Crippen LogP) is 2.59. The molecule has 1 aromatic heterocycles. The molecule has 2 rings (SSSR count). The number of hydrogen-bond donors (Lipinski definition) is 2. The van der Waals surface area contributed by atoms with Crippen LogP contribution >= 0.6 is 15.9 Å². The Morgan fingerprint density at radius 2 is 2.14 bits per heavy atom. The van der Waals surface area contributed by atoms with Crippen LogP contribution in [0.4, 0.5) is 9.18 Å². The van der Waals surface area contributed by atoms with Crippen molar-refractivity contribution in [1.29, 1.82) is 0 Å². The predicted molar refractivity (Wildman–Crippen MR) is 78.7 cm³/mol. The maximum absolute atomic E-state index is 13.5. The summed E-state index contributed by atoms with van der Waals surface area (Å²) in [5.74, 6) is -0.825. The van der Waals surface area contributed by atoms with Gasteiger partial charge in [-0.1, -0.05) is 15.9 Å². The van der Waals surface area contributed by atoms with Crippen molar-refractivity contribution in [1.82, 2.24) is 10.6 Å². The number of carbonyl (C=O) groups is 2. The van der Waals surface area contributed by atoms with E-state index in [9.17, 15) is 14.0 Å². The molecule has 22 heavy (non-hydrogen) atoms. The van der Waals surface area contributed by atoms with E-state index in [-0.39, 0.29) is 12.3 Å². The fourth-order valence-electron chi connectivity index (χ4n) is 1.52. The van der Waals surface area contributed by atoms with E-state index in [2.05, 4.69) is 26.6 Å². The highest BCUT2D eigenvalue weighted by atomic mass is 79.9. The lowest BCUT2D eigenvalue weighted by molar-refractivity contribution is -0.122. The number of carbonyl (C=O) groups excluding carboxylic acids is 2. The van der Waals surface area contributed by atoms with E-state index in [0.29, 0.717) is 10.2 Å². The Labute approximate surface area is 133 Å². The van der Waals surface area contributed by atoms with Crippen LogP contribution in [0.5, 0.6) is 5.75 Å². The molecular weight excluding hydrogens is 359 g/mol. The number of benzene rings is 1. The highest BCUT2D eigenvalue weighted by Gasteiger charge is 2.10. The van der Waals surface area contributed by atoms with Crippen molar-refractivity contribution in [3.05, 3.63) is 52.6 Å². The summed E-state index contributed by atoms with van der Waals surface area (Å²) in [6.45, 7) is -0.332. The Balaban J connectivity index is 1.74. The van der Waals surface area contributed by atoms with Crippen molar-refractivity contribution in [2.75, 3.05) is 6.61 Å². The summed E-state index contributed by atoms with van der Waals surface area (Å²) in [7, 11) is 0. The number of rotatable bonds is 5. The first-order valence-electron chi connectivity index (χ1n) is 6.22. The van der Waals surface area contributed by atoms with E-state index in [4.69, 9.17) is 9.15 Å². The summed E-state index contributed by atoms with van der Waals surface area (Å²) in [5, 5.41) is 4.49. The third kappa shape index (κ3) is 4.88. The third-order valence-corrected chi connectivity index (χ3v) is 3.00. The number of imide groups is 1. The lowest BCUT2D eigenvalue weighted by Crippen LogP contribution is -2.41. The van der Waals surface area contributed by atoms with Crippen molar-refractivity contribution in [3.63, 3.8) is 0 Å². The van der Waals surface area contributed by atoms with Gasteiger partial charge < -0.3 is 14.5 Å². The van der Waals surface area contributed by atoms with E-state index in [1.165, 1.54) is 18.4 Å².